The van der Waals surface area contributed by atoms with Crippen LogP contribution in [-0.2, 0) is 6.42 Å². The minimum Gasteiger partial charge on any atom is -0.477 e. The molecule has 1 unspecified atom stereocenters. The van der Waals surface area contributed by atoms with Gasteiger partial charge in [0.05, 0.1) is 11.7 Å². The summed E-state index contributed by atoms with van der Waals surface area (Å²) in [5.41, 5.74) is 0.756. The topological polar surface area (TPSA) is 53.4 Å². The second-order valence-electron chi connectivity index (χ2n) is 5.30. The Morgan fingerprint density at radius 2 is 2.32 bits per heavy atom. The van der Waals surface area contributed by atoms with Gasteiger partial charge in [-0.3, -0.25) is 4.90 Å². The highest BCUT2D eigenvalue weighted by Crippen LogP contribution is 2.33. The van der Waals surface area contributed by atoms with E-state index in [1.807, 2.05) is 11.8 Å². The summed E-state index contributed by atoms with van der Waals surface area (Å²) in [4.78, 5) is 18.7. The van der Waals surface area contributed by atoms with E-state index >= 15 is 0 Å². The number of rotatable bonds is 4. The molecule has 4 nitrogen and oxygen atoms in total. The highest BCUT2D eigenvalue weighted by Gasteiger charge is 2.27. The molecule has 1 saturated heterocycles. The number of aromatic carboxylic acids is 1. The van der Waals surface area contributed by atoms with Crippen molar-refractivity contribution >= 4 is 29.1 Å². The fourth-order valence-electron chi connectivity index (χ4n) is 2.15. The molecule has 1 aliphatic heterocycles. The highest BCUT2D eigenvalue weighted by molar-refractivity contribution is 7.99. The van der Waals surface area contributed by atoms with Gasteiger partial charge in [-0.2, -0.15) is 11.8 Å². The van der Waals surface area contributed by atoms with Crippen LogP contribution >= 0.6 is 23.1 Å². The molecule has 19 heavy (non-hydrogen) atoms. The predicted molar refractivity (Wildman–Crippen MR) is 80.3 cm³/mol. The van der Waals surface area contributed by atoms with Crippen LogP contribution in [0.2, 0.25) is 0 Å². The number of hydrogen-bond acceptors (Lipinski definition) is 5. The first-order valence-electron chi connectivity index (χ1n) is 6.50. The Bertz CT molecular complexity index is 459. The second kappa shape index (κ2) is 6.24. The van der Waals surface area contributed by atoms with Crippen LogP contribution < -0.4 is 0 Å². The van der Waals surface area contributed by atoms with E-state index in [1.165, 1.54) is 11.3 Å². The molecule has 1 aromatic rings. The SMILES string of the molecule is CC(C)Cc1nc(C2CSCCN2C)sc1C(=O)O. The van der Waals surface area contributed by atoms with Crippen LogP contribution in [0.25, 0.3) is 0 Å². The largest absolute Gasteiger partial charge is 0.477 e. The molecular weight excluding hydrogens is 280 g/mol. The number of carboxylic acids is 1. The van der Waals surface area contributed by atoms with E-state index in [-0.39, 0.29) is 6.04 Å². The van der Waals surface area contributed by atoms with Gasteiger partial charge in [0.1, 0.15) is 9.88 Å². The van der Waals surface area contributed by atoms with Crippen LogP contribution in [0.15, 0.2) is 0 Å². The molecule has 2 rings (SSSR count). The van der Waals surface area contributed by atoms with Gasteiger partial charge in [-0.05, 0) is 19.4 Å². The molecule has 1 aliphatic rings. The van der Waals surface area contributed by atoms with E-state index in [0.29, 0.717) is 10.8 Å². The summed E-state index contributed by atoms with van der Waals surface area (Å²) in [5.74, 6) is 1.73. The summed E-state index contributed by atoms with van der Waals surface area (Å²) in [5, 5.41) is 10.3. The first-order chi connectivity index (χ1) is 8.99. The van der Waals surface area contributed by atoms with Gasteiger partial charge in [0.2, 0.25) is 0 Å². The number of hydrogen-bond donors (Lipinski definition) is 1. The first kappa shape index (κ1) is 14.8. The quantitative estimate of drug-likeness (QED) is 0.926. The standard InChI is InChI=1S/C13H20N2O2S2/c1-8(2)6-9-11(13(16)17)19-12(14-9)10-7-18-5-4-15(10)3/h8,10H,4-7H2,1-3H3,(H,16,17). The first-order valence-corrected chi connectivity index (χ1v) is 8.47. The maximum absolute atomic E-state index is 11.3. The molecule has 0 amide bonds. The fraction of sp³-hybridized carbons (Fsp3) is 0.692. The lowest BCUT2D eigenvalue weighted by Crippen LogP contribution is -2.32. The van der Waals surface area contributed by atoms with Gasteiger partial charge in [-0.25, -0.2) is 9.78 Å². The van der Waals surface area contributed by atoms with Crippen LogP contribution in [-0.4, -0.2) is 46.1 Å². The van der Waals surface area contributed by atoms with Crippen molar-refractivity contribution in [1.82, 2.24) is 9.88 Å². The molecule has 2 heterocycles. The third-order valence-corrected chi connectivity index (χ3v) is 5.40. The fourth-order valence-corrected chi connectivity index (χ4v) is 4.57. The lowest BCUT2D eigenvalue weighted by atomic mass is 10.1. The molecule has 1 aromatic heterocycles. The molecule has 0 aromatic carbocycles. The molecule has 0 saturated carbocycles. The molecule has 0 bridgehead atoms. The lowest BCUT2D eigenvalue weighted by Gasteiger charge is -2.30. The monoisotopic (exact) mass is 300 g/mol. The molecule has 1 atom stereocenters. The van der Waals surface area contributed by atoms with E-state index in [2.05, 4.69) is 30.8 Å². The molecular formula is C13H20N2O2S2. The normalized spacial score (nSPS) is 20.9. The summed E-state index contributed by atoms with van der Waals surface area (Å²) in [6.07, 6.45) is 0.738. The third kappa shape index (κ3) is 3.49. The number of aromatic nitrogens is 1. The Balaban J connectivity index is 2.28. The smallest absolute Gasteiger partial charge is 0.347 e. The molecule has 0 spiro atoms. The van der Waals surface area contributed by atoms with Crippen LogP contribution in [0, 0.1) is 5.92 Å². The highest BCUT2D eigenvalue weighted by atomic mass is 32.2. The van der Waals surface area contributed by atoms with E-state index in [4.69, 9.17) is 0 Å². The molecule has 6 heteroatoms. The molecule has 0 aliphatic carbocycles. The number of nitrogens with zero attached hydrogens (tertiary/aromatic N) is 2. The van der Waals surface area contributed by atoms with Gasteiger partial charge in [-0.15, -0.1) is 11.3 Å². The van der Waals surface area contributed by atoms with Crippen LogP contribution in [0.3, 0.4) is 0 Å². The van der Waals surface area contributed by atoms with E-state index in [0.717, 1.165) is 35.2 Å². The Kier molecular flexibility index (Phi) is 4.86. The number of carboxylic acid groups (broad SMARTS) is 1. The van der Waals surface area contributed by atoms with Crippen molar-refractivity contribution in [2.45, 2.75) is 26.3 Å². The molecule has 1 N–H and O–H groups in total. The maximum Gasteiger partial charge on any atom is 0.347 e. The second-order valence-corrected chi connectivity index (χ2v) is 7.48. The average molecular weight is 300 g/mol. The number of thioether (sulfide) groups is 1. The lowest BCUT2D eigenvalue weighted by molar-refractivity contribution is 0.0700. The Morgan fingerprint density at radius 1 is 1.58 bits per heavy atom. The molecule has 0 radical (unpaired) electrons. The summed E-state index contributed by atoms with van der Waals surface area (Å²) in [6, 6.07) is 0.266. The summed E-state index contributed by atoms with van der Waals surface area (Å²) >= 11 is 3.27. The van der Waals surface area contributed by atoms with Crippen LogP contribution in [0.5, 0.6) is 0 Å². The van der Waals surface area contributed by atoms with Crippen LogP contribution in [0.1, 0.15) is 40.3 Å². The van der Waals surface area contributed by atoms with Crippen molar-refractivity contribution in [3.05, 3.63) is 15.6 Å². The van der Waals surface area contributed by atoms with Gasteiger partial charge < -0.3 is 5.11 Å². The van der Waals surface area contributed by atoms with Gasteiger partial charge in [0.25, 0.3) is 0 Å². The predicted octanol–water partition coefficient (Wildman–Crippen LogP) is 2.76. The van der Waals surface area contributed by atoms with Crippen molar-refractivity contribution in [2.24, 2.45) is 5.92 Å². The summed E-state index contributed by atoms with van der Waals surface area (Å²) < 4.78 is 0. The van der Waals surface area contributed by atoms with Crippen molar-refractivity contribution in [3.63, 3.8) is 0 Å². The zero-order valence-electron chi connectivity index (χ0n) is 11.5. The van der Waals surface area contributed by atoms with Gasteiger partial charge in [0, 0.05) is 18.1 Å². The maximum atomic E-state index is 11.3. The van der Waals surface area contributed by atoms with Crippen molar-refractivity contribution in [3.8, 4) is 0 Å². The zero-order valence-corrected chi connectivity index (χ0v) is 13.2. The average Bonchev–Trinajstić information content (AvgIpc) is 2.72. The van der Waals surface area contributed by atoms with Gasteiger partial charge in [0.15, 0.2) is 0 Å². The van der Waals surface area contributed by atoms with Crippen molar-refractivity contribution in [2.75, 3.05) is 25.1 Å². The summed E-state index contributed by atoms with van der Waals surface area (Å²) in [7, 11) is 2.09. The minimum atomic E-state index is -0.842. The molecule has 1 fully saturated rings. The van der Waals surface area contributed by atoms with Crippen LogP contribution in [0.4, 0.5) is 0 Å². The van der Waals surface area contributed by atoms with E-state index in [9.17, 15) is 9.90 Å². The number of carbonyl (C=O) groups is 1. The minimum absolute atomic E-state index is 0.266. The van der Waals surface area contributed by atoms with Crippen molar-refractivity contribution in [1.29, 1.82) is 0 Å². The van der Waals surface area contributed by atoms with Gasteiger partial charge in [-0.1, -0.05) is 13.8 Å². The number of thiazole rings is 1. The molecule has 106 valence electrons. The van der Waals surface area contributed by atoms with Gasteiger partial charge >= 0.3 is 5.97 Å². The zero-order chi connectivity index (χ0) is 14.0. The van der Waals surface area contributed by atoms with Crippen molar-refractivity contribution < 1.29 is 9.90 Å². The summed E-state index contributed by atoms with van der Waals surface area (Å²) in [6.45, 7) is 5.22. The Hall–Kier alpha value is -0.590. The van der Waals surface area contributed by atoms with E-state index in [1.54, 1.807) is 0 Å². The Labute approximate surface area is 122 Å². The third-order valence-electron chi connectivity index (χ3n) is 3.19. The Morgan fingerprint density at radius 3 is 2.89 bits per heavy atom. The van der Waals surface area contributed by atoms with E-state index < -0.39 is 5.97 Å².